The second-order valence-corrected chi connectivity index (χ2v) is 6.52. The smallest absolute Gasteiger partial charge is 0.248 e. The van der Waals surface area contributed by atoms with Gasteiger partial charge in [-0.05, 0) is 38.0 Å². The fourth-order valence-corrected chi connectivity index (χ4v) is 2.95. The van der Waals surface area contributed by atoms with Crippen LogP contribution in [0.2, 0.25) is 0 Å². The van der Waals surface area contributed by atoms with Gasteiger partial charge in [0.25, 0.3) is 0 Å². The number of rotatable bonds is 3. The predicted octanol–water partition coefficient (Wildman–Crippen LogP) is 2.46. The Morgan fingerprint density at radius 2 is 2.05 bits per heavy atom. The highest BCUT2D eigenvalue weighted by Crippen LogP contribution is 2.23. The molecule has 1 heterocycles. The molecule has 0 aliphatic carbocycles. The third-order valence-corrected chi connectivity index (χ3v) is 4.03. The number of nitrogens with zero attached hydrogens (tertiary/aromatic N) is 1. The summed E-state index contributed by atoms with van der Waals surface area (Å²) >= 11 is 3.43. The normalized spacial score (nSPS) is 21.8. The summed E-state index contributed by atoms with van der Waals surface area (Å²) in [5.41, 5.74) is 0.172. The Balaban J connectivity index is 2.30. The van der Waals surface area contributed by atoms with Crippen LogP contribution >= 0.6 is 15.9 Å². The van der Waals surface area contributed by atoms with Gasteiger partial charge in [0.2, 0.25) is 11.8 Å². The Bertz CT molecular complexity index is 542. The zero-order valence-electron chi connectivity index (χ0n) is 11.9. The van der Waals surface area contributed by atoms with Crippen molar-refractivity contribution in [2.24, 2.45) is 0 Å². The van der Waals surface area contributed by atoms with Gasteiger partial charge < -0.3 is 10.2 Å². The highest BCUT2D eigenvalue weighted by atomic mass is 79.9. The molecule has 108 valence electrons. The van der Waals surface area contributed by atoms with Crippen molar-refractivity contribution >= 4 is 27.7 Å². The Hall–Kier alpha value is -1.36. The highest BCUT2D eigenvalue weighted by molar-refractivity contribution is 9.10. The second kappa shape index (κ2) is 5.56. The number of amides is 2. The van der Waals surface area contributed by atoms with Gasteiger partial charge in [-0.1, -0.05) is 35.0 Å². The number of carbonyl (C=O) groups excluding carboxylic acids is 2. The number of halogens is 1. The molecule has 20 heavy (non-hydrogen) atoms. The predicted molar refractivity (Wildman–Crippen MR) is 81.0 cm³/mol. The highest BCUT2D eigenvalue weighted by Gasteiger charge is 2.44. The molecule has 4 nitrogen and oxygen atoms in total. The zero-order chi connectivity index (χ0) is 14.9. The summed E-state index contributed by atoms with van der Waals surface area (Å²) in [6.45, 7) is 5.86. The Kier molecular flexibility index (Phi) is 4.18. The van der Waals surface area contributed by atoms with Crippen LogP contribution in [0.5, 0.6) is 0 Å². The molecule has 1 aromatic carbocycles. The largest absolute Gasteiger partial charge is 0.340 e. The Labute approximate surface area is 127 Å². The molecule has 0 spiro atoms. The van der Waals surface area contributed by atoms with Crippen molar-refractivity contribution in [3.05, 3.63) is 34.3 Å². The van der Waals surface area contributed by atoms with Gasteiger partial charge in [-0.2, -0.15) is 0 Å². The minimum atomic E-state index is -0.839. The summed E-state index contributed by atoms with van der Waals surface area (Å²) in [5.74, 6) is -0.115. The Morgan fingerprint density at radius 3 is 2.65 bits per heavy atom. The van der Waals surface area contributed by atoms with Crippen molar-refractivity contribution in [2.75, 3.05) is 0 Å². The lowest BCUT2D eigenvalue weighted by atomic mass is 9.95. The molecular formula is C15H19BrN2O2. The van der Waals surface area contributed by atoms with Gasteiger partial charge in [0.15, 0.2) is 0 Å². The van der Waals surface area contributed by atoms with E-state index in [0.717, 1.165) is 10.0 Å². The Morgan fingerprint density at radius 1 is 1.35 bits per heavy atom. The summed E-state index contributed by atoms with van der Waals surface area (Å²) in [6.07, 6.45) is 0.613. The first-order chi connectivity index (χ1) is 9.35. The average Bonchev–Trinajstić information content (AvgIpc) is 2.35. The van der Waals surface area contributed by atoms with Crippen LogP contribution in [-0.2, 0) is 16.1 Å². The number of nitrogens with one attached hydrogen (secondary N) is 1. The van der Waals surface area contributed by atoms with Gasteiger partial charge in [-0.15, -0.1) is 0 Å². The van der Waals surface area contributed by atoms with E-state index >= 15 is 0 Å². The van der Waals surface area contributed by atoms with E-state index in [0.29, 0.717) is 13.0 Å². The first kappa shape index (κ1) is 15.0. The third kappa shape index (κ3) is 2.87. The average molecular weight is 339 g/mol. The van der Waals surface area contributed by atoms with Gasteiger partial charge >= 0.3 is 0 Å². The standard InChI is InChI=1S/C15H19BrN2O2/c1-4-12-13(19)17-15(2,3)14(20)18(12)9-10-6-5-7-11(16)8-10/h5-8,12H,4,9H2,1-3H3,(H,17,19). The summed E-state index contributed by atoms with van der Waals surface area (Å²) < 4.78 is 0.969. The fourth-order valence-electron chi connectivity index (χ4n) is 2.51. The van der Waals surface area contributed by atoms with Crippen LogP contribution in [0.1, 0.15) is 32.8 Å². The topological polar surface area (TPSA) is 49.4 Å². The van der Waals surface area contributed by atoms with Gasteiger partial charge in [0.1, 0.15) is 11.6 Å². The van der Waals surface area contributed by atoms with E-state index in [1.807, 2.05) is 31.2 Å². The molecule has 5 heteroatoms. The summed E-state index contributed by atoms with van der Waals surface area (Å²) in [6, 6.07) is 7.41. The number of carbonyl (C=O) groups is 2. The molecule has 2 amide bonds. The molecule has 0 saturated carbocycles. The molecule has 1 fully saturated rings. The minimum Gasteiger partial charge on any atom is -0.340 e. The lowest BCUT2D eigenvalue weighted by Crippen LogP contribution is -2.67. The number of benzene rings is 1. The van der Waals surface area contributed by atoms with Crippen LogP contribution in [-0.4, -0.2) is 28.3 Å². The van der Waals surface area contributed by atoms with Crippen LogP contribution in [0.4, 0.5) is 0 Å². The van der Waals surface area contributed by atoms with Crippen LogP contribution in [0.15, 0.2) is 28.7 Å². The third-order valence-electron chi connectivity index (χ3n) is 3.54. The van der Waals surface area contributed by atoms with Crippen molar-refractivity contribution in [3.63, 3.8) is 0 Å². The van der Waals surface area contributed by atoms with E-state index < -0.39 is 11.6 Å². The molecule has 1 unspecified atom stereocenters. The van der Waals surface area contributed by atoms with Crippen LogP contribution in [0.25, 0.3) is 0 Å². The molecule has 0 bridgehead atoms. The van der Waals surface area contributed by atoms with E-state index in [2.05, 4.69) is 21.2 Å². The SMILES string of the molecule is CCC1C(=O)NC(C)(C)C(=O)N1Cc1cccc(Br)c1. The van der Waals surface area contributed by atoms with E-state index in [4.69, 9.17) is 0 Å². The summed E-state index contributed by atoms with van der Waals surface area (Å²) in [4.78, 5) is 26.4. The molecule has 1 aliphatic rings. The number of piperazine rings is 1. The van der Waals surface area contributed by atoms with Crippen LogP contribution in [0, 0.1) is 0 Å². The van der Waals surface area contributed by atoms with Crippen molar-refractivity contribution < 1.29 is 9.59 Å². The summed E-state index contributed by atoms with van der Waals surface area (Å²) in [5, 5.41) is 2.79. The van der Waals surface area contributed by atoms with Crippen molar-refractivity contribution in [3.8, 4) is 0 Å². The second-order valence-electron chi connectivity index (χ2n) is 5.60. The van der Waals surface area contributed by atoms with Crippen LogP contribution < -0.4 is 5.32 Å². The molecular weight excluding hydrogens is 320 g/mol. The van der Waals surface area contributed by atoms with E-state index in [1.54, 1.807) is 18.7 Å². The quantitative estimate of drug-likeness (QED) is 0.920. The zero-order valence-corrected chi connectivity index (χ0v) is 13.5. The van der Waals surface area contributed by atoms with E-state index in [-0.39, 0.29) is 11.8 Å². The van der Waals surface area contributed by atoms with Gasteiger partial charge in [0.05, 0.1) is 0 Å². The monoisotopic (exact) mass is 338 g/mol. The maximum Gasteiger partial charge on any atom is 0.248 e. The maximum atomic E-state index is 12.6. The minimum absolute atomic E-state index is 0.0380. The van der Waals surface area contributed by atoms with Crippen molar-refractivity contribution in [1.29, 1.82) is 0 Å². The number of hydrogen-bond acceptors (Lipinski definition) is 2. The van der Waals surface area contributed by atoms with E-state index in [9.17, 15) is 9.59 Å². The molecule has 0 aromatic heterocycles. The molecule has 0 radical (unpaired) electrons. The van der Waals surface area contributed by atoms with Crippen LogP contribution in [0.3, 0.4) is 0 Å². The van der Waals surface area contributed by atoms with Crippen molar-refractivity contribution in [2.45, 2.75) is 45.3 Å². The molecule has 1 aromatic rings. The molecule has 1 atom stereocenters. The summed E-state index contributed by atoms with van der Waals surface area (Å²) in [7, 11) is 0. The van der Waals surface area contributed by atoms with Gasteiger partial charge in [-0.25, -0.2) is 0 Å². The first-order valence-electron chi connectivity index (χ1n) is 6.72. The molecule has 1 saturated heterocycles. The molecule has 1 N–H and O–H groups in total. The van der Waals surface area contributed by atoms with Crippen molar-refractivity contribution in [1.82, 2.24) is 10.2 Å². The van der Waals surface area contributed by atoms with Gasteiger partial charge in [-0.3, -0.25) is 9.59 Å². The molecule has 2 rings (SSSR count). The number of hydrogen-bond donors (Lipinski definition) is 1. The fraction of sp³-hybridized carbons (Fsp3) is 0.467. The first-order valence-corrected chi connectivity index (χ1v) is 7.52. The van der Waals surface area contributed by atoms with Gasteiger partial charge in [0, 0.05) is 11.0 Å². The maximum absolute atomic E-state index is 12.6. The lowest BCUT2D eigenvalue weighted by Gasteiger charge is -2.42. The molecule has 1 aliphatic heterocycles. The lowest BCUT2D eigenvalue weighted by molar-refractivity contribution is -0.154. The van der Waals surface area contributed by atoms with E-state index in [1.165, 1.54) is 0 Å².